The maximum atomic E-state index is 12.1. The van der Waals surface area contributed by atoms with Crippen LogP contribution in [0.25, 0.3) is 0 Å². The van der Waals surface area contributed by atoms with E-state index in [1.165, 1.54) is 17.3 Å². The molecule has 1 aromatic carbocycles. The third kappa shape index (κ3) is 6.60. The molecule has 0 bridgehead atoms. The van der Waals surface area contributed by atoms with Gasteiger partial charge in [-0.25, -0.2) is 9.97 Å². The molecule has 0 radical (unpaired) electrons. The van der Waals surface area contributed by atoms with Crippen LogP contribution in [0.2, 0.25) is 0 Å². The fraction of sp³-hybridized carbons (Fsp3) is 0.400. The van der Waals surface area contributed by atoms with Crippen molar-refractivity contribution >= 4 is 23.5 Å². The first-order valence-electron chi connectivity index (χ1n) is 10.8. The van der Waals surface area contributed by atoms with E-state index in [0.717, 1.165) is 18.1 Å². The molecule has 6 nitrogen and oxygen atoms in total. The summed E-state index contributed by atoms with van der Waals surface area (Å²) in [5, 5.41) is 3.53. The van der Waals surface area contributed by atoms with Gasteiger partial charge >= 0.3 is 0 Å². The minimum Gasteiger partial charge on any atom is -0.455 e. The van der Waals surface area contributed by atoms with Gasteiger partial charge in [-0.1, -0.05) is 62.9 Å². The number of amides is 1. The molecule has 2 aromatic heterocycles. The Morgan fingerprint density at radius 3 is 2.50 bits per heavy atom. The third-order valence-electron chi connectivity index (χ3n) is 4.76. The van der Waals surface area contributed by atoms with Gasteiger partial charge in [-0.2, -0.15) is 0 Å². The van der Waals surface area contributed by atoms with E-state index < -0.39 is 0 Å². The summed E-state index contributed by atoms with van der Waals surface area (Å²) in [5.74, 6) is 2.26. The number of nitrogens with one attached hydrogen (secondary N) is 1. The first-order chi connectivity index (χ1) is 15.1. The number of carbonyl (C=O) groups is 1. The van der Waals surface area contributed by atoms with E-state index in [1.54, 1.807) is 6.07 Å². The highest BCUT2D eigenvalue weighted by Gasteiger charge is 2.20. The van der Waals surface area contributed by atoms with E-state index in [9.17, 15) is 4.79 Å². The highest BCUT2D eigenvalue weighted by molar-refractivity contribution is 7.98. The lowest BCUT2D eigenvalue weighted by Gasteiger charge is -2.23. The van der Waals surface area contributed by atoms with Crippen molar-refractivity contribution in [3.05, 3.63) is 71.3 Å². The second kappa shape index (κ2) is 10.2. The predicted molar refractivity (Wildman–Crippen MR) is 130 cm³/mol. The Morgan fingerprint density at radius 1 is 1.12 bits per heavy atom. The molecule has 0 unspecified atom stereocenters. The quantitative estimate of drug-likeness (QED) is 0.363. The van der Waals surface area contributed by atoms with Crippen LogP contribution in [-0.2, 0) is 17.7 Å². The predicted octanol–water partition coefficient (Wildman–Crippen LogP) is 5.43. The van der Waals surface area contributed by atoms with E-state index in [1.807, 2.05) is 45.2 Å². The Morgan fingerprint density at radius 2 is 1.84 bits per heavy atom. The molecule has 3 aromatic rings. The van der Waals surface area contributed by atoms with Crippen LogP contribution in [0.1, 0.15) is 62.2 Å². The van der Waals surface area contributed by atoms with Gasteiger partial charge < -0.3 is 14.6 Å². The summed E-state index contributed by atoms with van der Waals surface area (Å²) in [6.45, 7) is 11.1. The highest BCUT2D eigenvalue weighted by Crippen LogP contribution is 2.29. The molecule has 0 saturated carbocycles. The Hall–Kier alpha value is -2.80. The molecule has 1 N–H and O–H groups in total. The summed E-state index contributed by atoms with van der Waals surface area (Å²) >= 11 is 1.51. The highest BCUT2D eigenvalue weighted by atomic mass is 32.2. The van der Waals surface area contributed by atoms with E-state index in [0.29, 0.717) is 22.4 Å². The van der Waals surface area contributed by atoms with Crippen molar-refractivity contribution in [2.75, 3.05) is 11.9 Å². The molecule has 0 saturated heterocycles. The Kier molecular flexibility index (Phi) is 7.61. The van der Waals surface area contributed by atoms with Gasteiger partial charge in [0.2, 0.25) is 0 Å². The topological polar surface area (TPSA) is 71.3 Å². The zero-order valence-corrected chi connectivity index (χ0v) is 20.5. The summed E-state index contributed by atoms with van der Waals surface area (Å²) in [6.07, 6.45) is 0. The molecule has 32 heavy (non-hydrogen) atoms. The lowest BCUT2D eigenvalue weighted by molar-refractivity contribution is 0.0913. The maximum Gasteiger partial charge on any atom is 0.287 e. The van der Waals surface area contributed by atoms with Crippen molar-refractivity contribution in [2.24, 2.45) is 0 Å². The standard InChI is InChI=1S/C25H32N4O2S/c1-17(2)26-23(30)20-13-12-19(31-20)16-32-24-27-21(25(3,4)5)14-22(28-24)29(6)15-18-10-8-7-9-11-18/h7-14,17H,15-16H2,1-6H3,(H,26,30). The second-order valence-corrected chi connectivity index (χ2v) is 10.1. The zero-order valence-electron chi connectivity index (χ0n) is 19.7. The molecule has 3 rings (SSSR count). The lowest BCUT2D eigenvalue weighted by Crippen LogP contribution is -2.29. The van der Waals surface area contributed by atoms with Crippen molar-refractivity contribution in [1.29, 1.82) is 0 Å². The van der Waals surface area contributed by atoms with E-state index in [4.69, 9.17) is 14.4 Å². The summed E-state index contributed by atoms with van der Waals surface area (Å²) in [4.78, 5) is 23.9. The number of thioether (sulfide) groups is 1. The molecule has 0 fully saturated rings. The Labute approximate surface area is 194 Å². The summed E-state index contributed by atoms with van der Waals surface area (Å²) in [7, 11) is 2.04. The fourth-order valence-electron chi connectivity index (χ4n) is 3.04. The molecule has 2 heterocycles. The molecular weight excluding hydrogens is 420 g/mol. The number of hydrogen-bond donors (Lipinski definition) is 1. The molecule has 170 valence electrons. The van der Waals surface area contributed by atoms with Crippen LogP contribution in [0.4, 0.5) is 5.82 Å². The smallest absolute Gasteiger partial charge is 0.287 e. The van der Waals surface area contributed by atoms with Crippen LogP contribution in [-0.4, -0.2) is 29.0 Å². The van der Waals surface area contributed by atoms with Crippen LogP contribution in [0, 0.1) is 0 Å². The average Bonchev–Trinajstić information content (AvgIpc) is 3.21. The second-order valence-electron chi connectivity index (χ2n) is 9.17. The van der Waals surface area contributed by atoms with Crippen molar-refractivity contribution in [1.82, 2.24) is 15.3 Å². The SMILES string of the molecule is CC(C)NC(=O)c1ccc(CSc2nc(N(C)Cc3ccccc3)cc(C(C)(C)C)n2)o1. The van der Waals surface area contributed by atoms with Gasteiger partial charge in [0.05, 0.1) is 11.4 Å². The number of furan rings is 1. The number of hydrogen-bond acceptors (Lipinski definition) is 6. The van der Waals surface area contributed by atoms with Crippen LogP contribution in [0.15, 0.2) is 58.1 Å². The van der Waals surface area contributed by atoms with Crippen LogP contribution < -0.4 is 10.2 Å². The minimum atomic E-state index is -0.202. The molecule has 0 atom stereocenters. The lowest BCUT2D eigenvalue weighted by atomic mass is 9.92. The summed E-state index contributed by atoms with van der Waals surface area (Å²) < 4.78 is 5.72. The van der Waals surface area contributed by atoms with Crippen molar-refractivity contribution in [2.45, 2.75) is 63.5 Å². The Balaban J connectivity index is 1.76. The molecule has 7 heteroatoms. The van der Waals surface area contributed by atoms with Gasteiger partial charge in [0.1, 0.15) is 11.6 Å². The molecule has 0 spiro atoms. The number of aromatic nitrogens is 2. The molecule has 0 aliphatic carbocycles. The number of anilines is 1. The number of carbonyl (C=O) groups excluding carboxylic acids is 1. The molecule has 0 aliphatic heterocycles. The van der Waals surface area contributed by atoms with Crippen molar-refractivity contribution in [3.63, 3.8) is 0 Å². The van der Waals surface area contributed by atoms with Gasteiger partial charge in [-0.3, -0.25) is 4.79 Å². The normalized spacial score (nSPS) is 11.6. The molecule has 0 aliphatic rings. The summed E-state index contributed by atoms with van der Waals surface area (Å²) in [6, 6.07) is 16.0. The van der Waals surface area contributed by atoms with Gasteiger partial charge in [0, 0.05) is 31.1 Å². The maximum absolute atomic E-state index is 12.1. The van der Waals surface area contributed by atoms with Gasteiger partial charge in [-0.05, 0) is 31.5 Å². The van der Waals surface area contributed by atoms with Crippen LogP contribution in [0.3, 0.4) is 0 Å². The first-order valence-corrected chi connectivity index (χ1v) is 11.8. The minimum absolute atomic E-state index is 0.0604. The fourth-order valence-corrected chi connectivity index (χ4v) is 3.79. The van der Waals surface area contributed by atoms with Crippen LogP contribution >= 0.6 is 11.8 Å². The Bertz CT molecular complexity index is 1040. The zero-order chi connectivity index (χ0) is 23.3. The average molecular weight is 453 g/mol. The van der Waals surface area contributed by atoms with Gasteiger partial charge in [-0.15, -0.1) is 0 Å². The largest absolute Gasteiger partial charge is 0.455 e. The van der Waals surface area contributed by atoms with Crippen molar-refractivity contribution in [3.8, 4) is 0 Å². The molecule has 1 amide bonds. The number of rotatable bonds is 8. The van der Waals surface area contributed by atoms with Gasteiger partial charge in [0.15, 0.2) is 10.9 Å². The van der Waals surface area contributed by atoms with E-state index in [-0.39, 0.29) is 17.4 Å². The van der Waals surface area contributed by atoms with Crippen LogP contribution in [0.5, 0.6) is 0 Å². The van der Waals surface area contributed by atoms with E-state index in [2.05, 4.69) is 49.2 Å². The molecular formula is C25H32N4O2S. The number of nitrogens with zero attached hydrogens (tertiary/aromatic N) is 3. The van der Waals surface area contributed by atoms with Crippen molar-refractivity contribution < 1.29 is 9.21 Å². The monoisotopic (exact) mass is 452 g/mol. The number of benzene rings is 1. The third-order valence-corrected chi connectivity index (χ3v) is 5.63. The summed E-state index contributed by atoms with van der Waals surface area (Å²) in [5.41, 5.74) is 2.11. The van der Waals surface area contributed by atoms with Gasteiger partial charge in [0.25, 0.3) is 5.91 Å². The van der Waals surface area contributed by atoms with E-state index >= 15 is 0 Å². The first kappa shape index (κ1) is 23.9.